The normalized spacial score (nSPS) is 11.5. The Morgan fingerprint density at radius 3 is 1.65 bits per heavy atom. The summed E-state index contributed by atoms with van der Waals surface area (Å²) >= 11 is 0. The van der Waals surface area contributed by atoms with E-state index < -0.39 is 0 Å². The number of benzene rings is 8. The van der Waals surface area contributed by atoms with E-state index in [0.717, 1.165) is 44.2 Å². The van der Waals surface area contributed by atoms with Crippen molar-refractivity contribution in [3.05, 3.63) is 188 Å². The number of nitrogens with zero attached hydrogens (tertiary/aromatic N) is 3. The third kappa shape index (κ3) is 5.10. The number of aromatic nitrogens is 3. The van der Waals surface area contributed by atoms with Gasteiger partial charge in [-0.1, -0.05) is 164 Å². The number of hydrogen-bond acceptors (Lipinski definition) is 3. The maximum Gasteiger partial charge on any atom is 0.160 e. The van der Waals surface area contributed by atoms with Gasteiger partial charge in [-0.2, -0.15) is 0 Å². The summed E-state index contributed by atoms with van der Waals surface area (Å²) in [5.41, 5.74) is 12.1. The third-order valence-electron chi connectivity index (χ3n) is 10.1. The second kappa shape index (κ2) is 12.4. The number of rotatable bonds is 5. The second-order valence-corrected chi connectivity index (χ2v) is 13.2. The molecule has 0 aliphatic rings. The zero-order valence-electron chi connectivity index (χ0n) is 28.2. The van der Waals surface area contributed by atoms with Gasteiger partial charge in [0.25, 0.3) is 0 Å². The Morgan fingerprint density at radius 1 is 0.327 bits per heavy atom. The largest absolute Gasteiger partial charge is 0.256 e. The Bertz CT molecular complexity index is 2930. The lowest BCUT2D eigenvalue weighted by atomic mass is 9.89. The summed E-state index contributed by atoms with van der Waals surface area (Å²) in [5, 5.41) is 6.99. The van der Waals surface area contributed by atoms with Crippen molar-refractivity contribution in [3.8, 4) is 56.0 Å². The Hall–Kier alpha value is -6.97. The van der Waals surface area contributed by atoms with Gasteiger partial charge in [0.2, 0.25) is 0 Å². The maximum absolute atomic E-state index is 5.17. The topological polar surface area (TPSA) is 38.7 Å². The van der Waals surface area contributed by atoms with Crippen molar-refractivity contribution < 1.29 is 0 Å². The molecule has 0 bridgehead atoms. The average Bonchev–Trinajstić information content (AvgIpc) is 3.23. The molecule has 0 saturated heterocycles. The van der Waals surface area contributed by atoms with Gasteiger partial charge >= 0.3 is 0 Å². The van der Waals surface area contributed by atoms with Crippen molar-refractivity contribution in [1.29, 1.82) is 0 Å². The molecule has 3 nitrogen and oxygen atoms in total. The molecule has 2 aromatic heterocycles. The molecule has 0 spiro atoms. The summed E-state index contributed by atoms with van der Waals surface area (Å²) in [6.07, 6.45) is 1.87. The average molecular weight is 662 g/mol. The monoisotopic (exact) mass is 661 g/mol. The van der Waals surface area contributed by atoms with Crippen molar-refractivity contribution in [1.82, 2.24) is 15.0 Å². The van der Waals surface area contributed by atoms with Crippen molar-refractivity contribution in [3.63, 3.8) is 0 Å². The standard InChI is InChI=1S/C49H31N3/c1-2-11-32(12-3-1)33-20-24-35(25-21-33)48-44-18-8-9-19-46(44)51-49(52-48)36-26-22-34(23-27-36)38-28-29-42(40-15-5-4-14-39(38)40)45-31-37-13-10-30-50-47(37)43-17-7-6-16-41(43)45/h1-31H. The van der Waals surface area contributed by atoms with Crippen LogP contribution in [0.2, 0.25) is 0 Å². The Morgan fingerprint density at radius 2 is 0.885 bits per heavy atom. The predicted molar refractivity (Wildman–Crippen MR) is 217 cm³/mol. The van der Waals surface area contributed by atoms with Crippen molar-refractivity contribution in [2.45, 2.75) is 0 Å². The van der Waals surface area contributed by atoms with Crippen LogP contribution < -0.4 is 0 Å². The summed E-state index contributed by atoms with van der Waals surface area (Å²) < 4.78 is 0. The first-order chi connectivity index (χ1) is 25.8. The molecule has 10 rings (SSSR count). The van der Waals surface area contributed by atoms with Crippen LogP contribution in [0.5, 0.6) is 0 Å². The molecule has 0 N–H and O–H groups in total. The van der Waals surface area contributed by atoms with Crippen LogP contribution >= 0.6 is 0 Å². The lowest BCUT2D eigenvalue weighted by Gasteiger charge is -2.15. The highest BCUT2D eigenvalue weighted by Gasteiger charge is 2.16. The third-order valence-corrected chi connectivity index (χ3v) is 10.1. The highest BCUT2D eigenvalue weighted by Crippen LogP contribution is 2.41. The van der Waals surface area contributed by atoms with Crippen LogP contribution in [-0.2, 0) is 0 Å². The van der Waals surface area contributed by atoms with Crippen molar-refractivity contribution >= 4 is 43.4 Å². The van der Waals surface area contributed by atoms with Gasteiger partial charge in [-0.3, -0.25) is 4.98 Å². The van der Waals surface area contributed by atoms with Crippen LogP contribution in [-0.4, -0.2) is 15.0 Å². The Labute approximate surface area is 301 Å². The zero-order valence-corrected chi connectivity index (χ0v) is 28.2. The molecular weight excluding hydrogens is 631 g/mol. The number of para-hydroxylation sites is 1. The van der Waals surface area contributed by atoms with E-state index in [2.05, 4.69) is 164 Å². The number of fused-ring (bicyclic) bond motifs is 5. The first-order valence-corrected chi connectivity index (χ1v) is 17.6. The molecule has 0 aliphatic heterocycles. The van der Waals surface area contributed by atoms with E-state index in [0.29, 0.717) is 5.82 Å². The van der Waals surface area contributed by atoms with Gasteiger partial charge in [0.15, 0.2) is 5.82 Å². The zero-order chi connectivity index (χ0) is 34.4. The number of hydrogen-bond donors (Lipinski definition) is 0. The molecule has 10 aromatic rings. The molecule has 0 atom stereocenters. The second-order valence-electron chi connectivity index (χ2n) is 13.2. The van der Waals surface area contributed by atoms with Crippen LogP contribution in [0, 0.1) is 0 Å². The Kier molecular flexibility index (Phi) is 7.14. The van der Waals surface area contributed by atoms with Crippen molar-refractivity contribution in [2.75, 3.05) is 0 Å². The molecule has 0 unspecified atom stereocenters. The van der Waals surface area contributed by atoms with Crippen molar-refractivity contribution in [2.24, 2.45) is 0 Å². The van der Waals surface area contributed by atoms with Crippen LogP contribution in [0.1, 0.15) is 0 Å². The van der Waals surface area contributed by atoms with E-state index in [1.165, 1.54) is 49.4 Å². The van der Waals surface area contributed by atoms with E-state index in [1.54, 1.807) is 0 Å². The highest BCUT2D eigenvalue weighted by molar-refractivity contribution is 6.16. The van der Waals surface area contributed by atoms with Gasteiger partial charge in [-0.25, -0.2) is 9.97 Å². The van der Waals surface area contributed by atoms with Crippen LogP contribution in [0.4, 0.5) is 0 Å². The quantitative estimate of drug-likeness (QED) is 0.172. The minimum atomic E-state index is 0.713. The summed E-state index contributed by atoms with van der Waals surface area (Å²) in [7, 11) is 0. The summed E-state index contributed by atoms with van der Waals surface area (Å²) in [6.45, 7) is 0. The van der Waals surface area contributed by atoms with Gasteiger partial charge in [-0.05, 0) is 67.7 Å². The fourth-order valence-corrected chi connectivity index (χ4v) is 7.60. The molecule has 242 valence electrons. The summed E-state index contributed by atoms with van der Waals surface area (Å²) in [5.74, 6) is 0.713. The smallest absolute Gasteiger partial charge is 0.160 e. The molecule has 0 radical (unpaired) electrons. The van der Waals surface area contributed by atoms with Gasteiger partial charge in [0.1, 0.15) is 0 Å². The van der Waals surface area contributed by atoms with E-state index in [1.807, 2.05) is 24.4 Å². The minimum Gasteiger partial charge on any atom is -0.256 e. The van der Waals surface area contributed by atoms with E-state index in [9.17, 15) is 0 Å². The maximum atomic E-state index is 5.17. The minimum absolute atomic E-state index is 0.713. The molecule has 0 aliphatic carbocycles. The first kappa shape index (κ1) is 29.9. The molecule has 0 amide bonds. The molecule has 0 fully saturated rings. The van der Waals surface area contributed by atoms with Gasteiger partial charge < -0.3 is 0 Å². The summed E-state index contributed by atoms with van der Waals surface area (Å²) in [6, 6.07) is 64.4. The molecule has 52 heavy (non-hydrogen) atoms. The fraction of sp³-hybridized carbons (Fsp3) is 0. The summed E-state index contributed by atoms with van der Waals surface area (Å²) in [4.78, 5) is 14.9. The Balaban J connectivity index is 1.05. The van der Waals surface area contributed by atoms with E-state index in [-0.39, 0.29) is 0 Å². The molecule has 3 heteroatoms. The fourth-order valence-electron chi connectivity index (χ4n) is 7.60. The molecular formula is C49H31N3. The van der Waals surface area contributed by atoms with Crippen LogP contribution in [0.3, 0.4) is 0 Å². The molecule has 2 heterocycles. The van der Waals surface area contributed by atoms with Gasteiger partial charge in [0.05, 0.1) is 16.7 Å². The molecule has 8 aromatic carbocycles. The van der Waals surface area contributed by atoms with Crippen LogP contribution in [0.25, 0.3) is 99.4 Å². The first-order valence-electron chi connectivity index (χ1n) is 17.6. The van der Waals surface area contributed by atoms with E-state index >= 15 is 0 Å². The van der Waals surface area contributed by atoms with E-state index in [4.69, 9.17) is 15.0 Å². The highest BCUT2D eigenvalue weighted by atomic mass is 14.9. The SMILES string of the molecule is c1ccc(-c2ccc(-c3nc(-c4ccc(-c5ccc(-c6cc7cccnc7c7ccccc67)c6ccccc56)cc4)nc4ccccc34)cc2)cc1. The lowest BCUT2D eigenvalue weighted by molar-refractivity contribution is 1.23. The molecule has 0 saturated carbocycles. The predicted octanol–water partition coefficient (Wildman–Crippen LogP) is 12.8. The lowest BCUT2D eigenvalue weighted by Crippen LogP contribution is -1.95. The van der Waals surface area contributed by atoms with Gasteiger partial charge in [-0.15, -0.1) is 0 Å². The number of pyridine rings is 1. The van der Waals surface area contributed by atoms with Crippen LogP contribution in [0.15, 0.2) is 188 Å². The van der Waals surface area contributed by atoms with Gasteiger partial charge in [0, 0.05) is 33.5 Å².